The largest absolute Gasteiger partial charge is 0.338 e. The third-order valence-corrected chi connectivity index (χ3v) is 3.11. The number of imidazole rings is 1. The van der Waals surface area contributed by atoms with Crippen LogP contribution in [0.3, 0.4) is 0 Å². The van der Waals surface area contributed by atoms with E-state index >= 15 is 0 Å². The van der Waals surface area contributed by atoms with Crippen molar-refractivity contribution < 1.29 is 0 Å². The molecule has 0 saturated carbocycles. The summed E-state index contributed by atoms with van der Waals surface area (Å²) in [6, 6.07) is 0.700. The number of unbranched alkanes of at least 4 members (excludes halogenated alkanes) is 1. The SMILES string of the molecule is CCNC(CC)CCCCc1nccn1C. The molecule has 1 atom stereocenters. The highest BCUT2D eigenvalue weighted by atomic mass is 15.0. The summed E-state index contributed by atoms with van der Waals surface area (Å²) in [7, 11) is 2.07. The van der Waals surface area contributed by atoms with Gasteiger partial charge in [0.15, 0.2) is 0 Å². The van der Waals surface area contributed by atoms with Crippen LogP contribution < -0.4 is 5.32 Å². The van der Waals surface area contributed by atoms with E-state index in [4.69, 9.17) is 0 Å². The average Bonchev–Trinajstić information content (AvgIpc) is 2.69. The fourth-order valence-corrected chi connectivity index (χ4v) is 2.05. The molecule has 0 fully saturated rings. The monoisotopic (exact) mass is 223 g/mol. The Morgan fingerprint density at radius 2 is 2.19 bits per heavy atom. The summed E-state index contributed by atoms with van der Waals surface area (Å²) in [6.07, 6.45) is 10.0. The van der Waals surface area contributed by atoms with E-state index in [1.807, 2.05) is 12.4 Å². The first kappa shape index (κ1) is 13.2. The summed E-state index contributed by atoms with van der Waals surface area (Å²) in [5.41, 5.74) is 0. The van der Waals surface area contributed by atoms with Crippen molar-refractivity contribution in [3.05, 3.63) is 18.2 Å². The van der Waals surface area contributed by atoms with Gasteiger partial charge in [-0.05, 0) is 25.8 Å². The van der Waals surface area contributed by atoms with Crippen molar-refractivity contribution in [1.82, 2.24) is 14.9 Å². The third-order valence-electron chi connectivity index (χ3n) is 3.11. The maximum Gasteiger partial charge on any atom is 0.108 e. The van der Waals surface area contributed by atoms with Crippen LogP contribution in [0.5, 0.6) is 0 Å². The molecule has 0 bridgehead atoms. The lowest BCUT2D eigenvalue weighted by atomic mass is 10.1. The van der Waals surface area contributed by atoms with E-state index < -0.39 is 0 Å². The minimum Gasteiger partial charge on any atom is -0.338 e. The minimum absolute atomic E-state index is 0.700. The van der Waals surface area contributed by atoms with E-state index in [-0.39, 0.29) is 0 Å². The van der Waals surface area contributed by atoms with Gasteiger partial charge in [-0.15, -0.1) is 0 Å². The predicted molar refractivity (Wildman–Crippen MR) is 68.5 cm³/mol. The van der Waals surface area contributed by atoms with Crippen molar-refractivity contribution in [1.29, 1.82) is 0 Å². The first-order valence-corrected chi connectivity index (χ1v) is 6.47. The van der Waals surface area contributed by atoms with Gasteiger partial charge in [0.05, 0.1) is 0 Å². The number of nitrogens with one attached hydrogen (secondary N) is 1. The molecule has 0 radical (unpaired) electrons. The highest BCUT2D eigenvalue weighted by Crippen LogP contribution is 2.08. The molecule has 1 N–H and O–H groups in total. The van der Waals surface area contributed by atoms with Gasteiger partial charge < -0.3 is 9.88 Å². The van der Waals surface area contributed by atoms with Crippen molar-refractivity contribution in [3.8, 4) is 0 Å². The Morgan fingerprint density at radius 3 is 2.75 bits per heavy atom. The fourth-order valence-electron chi connectivity index (χ4n) is 2.05. The molecule has 1 unspecified atom stereocenters. The zero-order valence-corrected chi connectivity index (χ0v) is 10.9. The third kappa shape index (κ3) is 4.35. The summed E-state index contributed by atoms with van der Waals surface area (Å²) < 4.78 is 2.11. The van der Waals surface area contributed by atoms with Gasteiger partial charge in [-0.2, -0.15) is 0 Å². The molecule has 1 rings (SSSR count). The molecule has 1 aromatic heterocycles. The summed E-state index contributed by atoms with van der Waals surface area (Å²) >= 11 is 0. The van der Waals surface area contributed by atoms with Crippen LogP contribution in [0.4, 0.5) is 0 Å². The second-order valence-corrected chi connectivity index (χ2v) is 4.36. The van der Waals surface area contributed by atoms with Crippen LogP contribution in [0.15, 0.2) is 12.4 Å². The fraction of sp³-hybridized carbons (Fsp3) is 0.769. The summed E-state index contributed by atoms with van der Waals surface area (Å²) in [5.74, 6) is 1.21. The zero-order valence-electron chi connectivity index (χ0n) is 10.9. The molecule has 3 nitrogen and oxygen atoms in total. The quantitative estimate of drug-likeness (QED) is 0.686. The molecular formula is C13H25N3. The molecule has 0 aliphatic carbocycles. The normalized spacial score (nSPS) is 12.9. The smallest absolute Gasteiger partial charge is 0.108 e. The van der Waals surface area contributed by atoms with Crippen LogP contribution in [0, 0.1) is 0 Å². The molecule has 1 heterocycles. The van der Waals surface area contributed by atoms with Crippen LogP contribution in [-0.4, -0.2) is 22.1 Å². The van der Waals surface area contributed by atoms with Gasteiger partial charge in [0, 0.05) is 31.9 Å². The Hall–Kier alpha value is -0.830. The Morgan fingerprint density at radius 1 is 1.38 bits per heavy atom. The van der Waals surface area contributed by atoms with Crippen molar-refractivity contribution >= 4 is 0 Å². The van der Waals surface area contributed by atoms with Gasteiger partial charge in [0.25, 0.3) is 0 Å². The van der Waals surface area contributed by atoms with Gasteiger partial charge >= 0.3 is 0 Å². The molecule has 16 heavy (non-hydrogen) atoms. The van der Waals surface area contributed by atoms with Crippen molar-refractivity contribution in [2.75, 3.05) is 6.54 Å². The lowest BCUT2D eigenvalue weighted by Gasteiger charge is -2.15. The standard InChI is InChI=1S/C13H25N3/c1-4-12(14-5-2)8-6-7-9-13-15-10-11-16(13)3/h10-12,14H,4-9H2,1-3H3. The lowest BCUT2D eigenvalue weighted by Crippen LogP contribution is -2.27. The first-order chi connectivity index (χ1) is 7.77. The Labute approximate surface area is 99.3 Å². The van der Waals surface area contributed by atoms with Gasteiger partial charge in [0.1, 0.15) is 5.82 Å². The first-order valence-electron chi connectivity index (χ1n) is 6.47. The van der Waals surface area contributed by atoms with Crippen LogP contribution >= 0.6 is 0 Å². The highest BCUT2D eigenvalue weighted by molar-refractivity contribution is 4.90. The van der Waals surface area contributed by atoms with Crippen molar-refractivity contribution in [2.24, 2.45) is 7.05 Å². The molecule has 3 heteroatoms. The average molecular weight is 223 g/mol. The van der Waals surface area contributed by atoms with Gasteiger partial charge in [0.2, 0.25) is 0 Å². The maximum atomic E-state index is 4.34. The van der Waals surface area contributed by atoms with Gasteiger partial charge in [-0.3, -0.25) is 0 Å². The van der Waals surface area contributed by atoms with E-state index in [2.05, 4.69) is 35.8 Å². The molecule has 1 aromatic rings. The van der Waals surface area contributed by atoms with Gasteiger partial charge in [-0.25, -0.2) is 4.98 Å². The van der Waals surface area contributed by atoms with E-state index in [0.717, 1.165) is 13.0 Å². The molecule has 92 valence electrons. The minimum atomic E-state index is 0.700. The Kier molecular flexibility index (Phi) is 6.16. The molecule has 0 amide bonds. The Bertz CT molecular complexity index is 280. The van der Waals surface area contributed by atoms with Crippen LogP contribution in [-0.2, 0) is 13.5 Å². The highest BCUT2D eigenvalue weighted by Gasteiger charge is 2.04. The number of hydrogen-bond acceptors (Lipinski definition) is 2. The van der Waals surface area contributed by atoms with Crippen molar-refractivity contribution in [3.63, 3.8) is 0 Å². The summed E-state index contributed by atoms with van der Waals surface area (Å²) in [4.78, 5) is 4.34. The second kappa shape index (κ2) is 7.44. The number of rotatable bonds is 8. The zero-order chi connectivity index (χ0) is 11.8. The predicted octanol–water partition coefficient (Wildman–Crippen LogP) is 2.52. The molecule has 0 aliphatic rings. The van der Waals surface area contributed by atoms with Crippen LogP contribution in [0.2, 0.25) is 0 Å². The number of aryl methyl sites for hydroxylation is 2. The molecule has 0 saturated heterocycles. The second-order valence-electron chi connectivity index (χ2n) is 4.36. The van der Waals surface area contributed by atoms with E-state index in [1.165, 1.54) is 31.5 Å². The van der Waals surface area contributed by atoms with Crippen molar-refractivity contribution in [2.45, 2.75) is 52.0 Å². The van der Waals surface area contributed by atoms with Crippen LogP contribution in [0.1, 0.15) is 45.4 Å². The van der Waals surface area contributed by atoms with E-state index in [0.29, 0.717) is 6.04 Å². The summed E-state index contributed by atoms with van der Waals surface area (Å²) in [6.45, 7) is 5.51. The van der Waals surface area contributed by atoms with Crippen LogP contribution in [0.25, 0.3) is 0 Å². The molecular weight excluding hydrogens is 198 g/mol. The van der Waals surface area contributed by atoms with E-state index in [9.17, 15) is 0 Å². The lowest BCUT2D eigenvalue weighted by molar-refractivity contribution is 0.458. The van der Waals surface area contributed by atoms with E-state index in [1.54, 1.807) is 0 Å². The number of nitrogens with zero attached hydrogens (tertiary/aromatic N) is 2. The van der Waals surface area contributed by atoms with Gasteiger partial charge in [-0.1, -0.05) is 20.3 Å². The topological polar surface area (TPSA) is 29.9 Å². The molecule has 0 spiro atoms. The Balaban J connectivity index is 2.14. The maximum absolute atomic E-state index is 4.34. The molecule has 0 aliphatic heterocycles. The molecule has 0 aromatic carbocycles. The number of hydrogen-bond donors (Lipinski definition) is 1. The number of aromatic nitrogens is 2. The summed E-state index contributed by atoms with van der Waals surface area (Å²) in [5, 5.41) is 3.52.